The highest BCUT2D eigenvalue weighted by Crippen LogP contribution is 2.14. The standard InChI is InChI=1S/C7H13F2NO3S/c1-10(3-4-14(2)13)5-7(8,9)6(11)12/h3-5H2,1-2H3,(H,11,12). The third kappa shape index (κ3) is 5.23. The molecular formula is C7H13F2NO3S. The Labute approximate surface area is 83.3 Å². The van der Waals surface area contributed by atoms with Gasteiger partial charge in [0.05, 0.1) is 6.54 Å². The van der Waals surface area contributed by atoms with Crippen molar-refractivity contribution in [2.24, 2.45) is 0 Å². The largest absolute Gasteiger partial charge is 0.477 e. The second-order valence-electron chi connectivity index (χ2n) is 3.02. The summed E-state index contributed by atoms with van der Waals surface area (Å²) in [4.78, 5) is 11.2. The van der Waals surface area contributed by atoms with Crippen molar-refractivity contribution in [3.63, 3.8) is 0 Å². The van der Waals surface area contributed by atoms with Gasteiger partial charge >= 0.3 is 11.9 Å². The molecule has 0 spiro atoms. The van der Waals surface area contributed by atoms with Crippen LogP contribution in [0.5, 0.6) is 0 Å². The topological polar surface area (TPSA) is 57.6 Å². The lowest BCUT2D eigenvalue weighted by molar-refractivity contribution is -0.166. The van der Waals surface area contributed by atoms with E-state index in [4.69, 9.17) is 5.11 Å². The fourth-order valence-corrected chi connectivity index (χ4v) is 1.34. The Morgan fingerprint density at radius 3 is 2.43 bits per heavy atom. The summed E-state index contributed by atoms with van der Waals surface area (Å²) in [5, 5.41) is 8.13. The zero-order valence-corrected chi connectivity index (χ0v) is 8.81. The van der Waals surface area contributed by atoms with E-state index in [2.05, 4.69) is 0 Å². The van der Waals surface area contributed by atoms with E-state index in [-0.39, 0.29) is 12.3 Å². The Hall–Kier alpha value is -0.560. The van der Waals surface area contributed by atoms with E-state index >= 15 is 0 Å². The third-order valence-corrected chi connectivity index (χ3v) is 2.30. The van der Waals surface area contributed by atoms with E-state index in [9.17, 15) is 17.8 Å². The molecule has 4 nitrogen and oxygen atoms in total. The first-order valence-electron chi connectivity index (χ1n) is 3.85. The molecule has 1 unspecified atom stereocenters. The van der Waals surface area contributed by atoms with Crippen molar-refractivity contribution in [3.8, 4) is 0 Å². The van der Waals surface area contributed by atoms with Gasteiger partial charge in [-0.15, -0.1) is 0 Å². The van der Waals surface area contributed by atoms with Gasteiger partial charge in [0.2, 0.25) is 0 Å². The van der Waals surface area contributed by atoms with E-state index in [1.165, 1.54) is 13.3 Å². The highest BCUT2D eigenvalue weighted by molar-refractivity contribution is 7.84. The maximum absolute atomic E-state index is 12.6. The highest BCUT2D eigenvalue weighted by atomic mass is 32.2. The summed E-state index contributed by atoms with van der Waals surface area (Å²) in [5.74, 6) is -5.63. The Balaban J connectivity index is 3.99. The first kappa shape index (κ1) is 13.4. The van der Waals surface area contributed by atoms with Crippen molar-refractivity contribution in [1.29, 1.82) is 0 Å². The molecule has 1 N–H and O–H groups in total. The molecule has 0 bridgehead atoms. The monoisotopic (exact) mass is 229 g/mol. The Bertz CT molecular complexity index is 235. The molecule has 0 aliphatic heterocycles. The number of carboxylic acids is 1. The van der Waals surface area contributed by atoms with Crippen molar-refractivity contribution >= 4 is 16.8 Å². The van der Waals surface area contributed by atoms with Crippen LogP contribution in [0.4, 0.5) is 8.78 Å². The molecule has 0 saturated carbocycles. The minimum Gasteiger partial charge on any atom is -0.477 e. The van der Waals surface area contributed by atoms with Crippen LogP contribution in [0.15, 0.2) is 0 Å². The SMILES string of the molecule is CN(CCS(C)=O)CC(F)(F)C(=O)O. The number of hydrogen-bond acceptors (Lipinski definition) is 3. The maximum atomic E-state index is 12.6. The second-order valence-corrected chi connectivity index (χ2v) is 4.58. The van der Waals surface area contributed by atoms with Gasteiger partial charge in [-0.05, 0) is 7.05 Å². The Morgan fingerprint density at radius 2 is 2.07 bits per heavy atom. The molecule has 84 valence electrons. The lowest BCUT2D eigenvalue weighted by atomic mass is 10.3. The van der Waals surface area contributed by atoms with Gasteiger partial charge in [-0.25, -0.2) is 4.79 Å². The molecular weight excluding hydrogens is 216 g/mol. The van der Waals surface area contributed by atoms with E-state index < -0.39 is 29.2 Å². The molecule has 0 rings (SSSR count). The summed E-state index contributed by atoms with van der Waals surface area (Å²) in [7, 11) is 0.306. The maximum Gasteiger partial charge on any atom is 0.375 e. The van der Waals surface area contributed by atoms with Crippen LogP contribution in [0.2, 0.25) is 0 Å². The third-order valence-electron chi connectivity index (χ3n) is 1.54. The van der Waals surface area contributed by atoms with Crippen molar-refractivity contribution < 1.29 is 22.9 Å². The smallest absolute Gasteiger partial charge is 0.375 e. The fourth-order valence-electron chi connectivity index (χ4n) is 0.770. The van der Waals surface area contributed by atoms with Gasteiger partial charge in [-0.3, -0.25) is 9.11 Å². The normalized spacial score (nSPS) is 14.4. The van der Waals surface area contributed by atoms with Crippen LogP contribution in [-0.4, -0.2) is 58.3 Å². The fraction of sp³-hybridized carbons (Fsp3) is 0.857. The molecule has 0 radical (unpaired) electrons. The van der Waals surface area contributed by atoms with Crippen molar-refractivity contribution in [1.82, 2.24) is 4.90 Å². The number of alkyl halides is 2. The van der Waals surface area contributed by atoms with Crippen molar-refractivity contribution in [3.05, 3.63) is 0 Å². The number of halogens is 2. The minimum atomic E-state index is -3.75. The van der Waals surface area contributed by atoms with E-state index in [0.717, 1.165) is 4.90 Å². The van der Waals surface area contributed by atoms with Crippen LogP contribution in [0.1, 0.15) is 0 Å². The van der Waals surface area contributed by atoms with Gasteiger partial charge in [-0.1, -0.05) is 0 Å². The quantitative estimate of drug-likeness (QED) is 0.697. The molecule has 0 amide bonds. The van der Waals surface area contributed by atoms with Crippen LogP contribution in [0.25, 0.3) is 0 Å². The van der Waals surface area contributed by atoms with Crippen LogP contribution in [0, 0.1) is 0 Å². The summed E-state index contributed by atoms with van der Waals surface area (Å²) < 4.78 is 35.8. The molecule has 0 aliphatic rings. The molecule has 0 fully saturated rings. The molecule has 0 aromatic heterocycles. The minimum absolute atomic E-state index is 0.186. The number of aliphatic carboxylic acids is 1. The average molecular weight is 229 g/mol. The number of carboxylic acid groups (broad SMARTS) is 1. The Kier molecular flexibility index (Phi) is 5.14. The van der Waals surface area contributed by atoms with Crippen molar-refractivity contribution in [2.45, 2.75) is 5.92 Å². The Morgan fingerprint density at radius 1 is 1.57 bits per heavy atom. The van der Waals surface area contributed by atoms with E-state index in [0.29, 0.717) is 0 Å². The summed E-state index contributed by atoms with van der Waals surface area (Å²) in [6.07, 6.45) is 1.46. The summed E-state index contributed by atoms with van der Waals surface area (Å²) >= 11 is 0. The highest BCUT2D eigenvalue weighted by Gasteiger charge is 2.39. The van der Waals surface area contributed by atoms with Gasteiger partial charge < -0.3 is 5.11 Å². The predicted octanol–water partition coefficient (Wildman–Crippen LogP) is 0.0166. The van der Waals surface area contributed by atoms with Gasteiger partial charge in [0.25, 0.3) is 0 Å². The number of nitrogens with zero attached hydrogens (tertiary/aromatic N) is 1. The first-order valence-corrected chi connectivity index (χ1v) is 5.58. The molecule has 14 heavy (non-hydrogen) atoms. The number of hydrogen-bond donors (Lipinski definition) is 1. The van der Waals surface area contributed by atoms with E-state index in [1.807, 2.05) is 0 Å². The van der Waals surface area contributed by atoms with Gasteiger partial charge in [0.1, 0.15) is 0 Å². The second kappa shape index (κ2) is 5.35. The van der Waals surface area contributed by atoms with Gasteiger partial charge in [0.15, 0.2) is 0 Å². The molecule has 0 aromatic carbocycles. The van der Waals surface area contributed by atoms with Crippen LogP contribution >= 0.6 is 0 Å². The van der Waals surface area contributed by atoms with Crippen LogP contribution in [0.3, 0.4) is 0 Å². The molecule has 0 aliphatic carbocycles. The molecule has 0 aromatic rings. The lowest BCUT2D eigenvalue weighted by Gasteiger charge is -2.20. The summed E-state index contributed by atoms with van der Waals surface area (Å²) in [6, 6.07) is 0. The zero-order valence-electron chi connectivity index (χ0n) is 8.00. The van der Waals surface area contributed by atoms with Crippen molar-refractivity contribution in [2.75, 3.05) is 32.1 Å². The summed E-state index contributed by atoms with van der Waals surface area (Å²) in [5.41, 5.74) is 0. The van der Waals surface area contributed by atoms with E-state index in [1.54, 1.807) is 0 Å². The molecule has 0 saturated heterocycles. The molecule has 1 atom stereocenters. The summed E-state index contributed by atoms with van der Waals surface area (Å²) in [6.45, 7) is -0.675. The number of carbonyl (C=O) groups is 1. The van der Waals surface area contributed by atoms with Gasteiger partial charge in [-0.2, -0.15) is 8.78 Å². The first-order chi connectivity index (χ1) is 6.25. The lowest BCUT2D eigenvalue weighted by Crippen LogP contribution is -2.41. The molecule has 0 heterocycles. The predicted molar refractivity (Wildman–Crippen MR) is 49.0 cm³/mol. The molecule has 7 heteroatoms. The average Bonchev–Trinajstić information content (AvgIpc) is 1.99. The number of rotatable bonds is 6. The zero-order chi connectivity index (χ0) is 11.4. The van der Waals surface area contributed by atoms with Crippen LogP contribution in [-0.2, 0) is 15.6 Å². The van der Waals surface area contributed by atoms with Gasteiger partial charge in [0, 0.05) is 29.4 Å². The van der Waals surface area contributed by atoms with Crippen LogP contribution < -0.4 is 0 Å².